The molecular weight excluding hydrogens is 318 g/mol. The van der Waals surface area contributed by atoms with Gasteiger partial charge < -0.3 is 14.0 Å². The number of aromatic nitrogens is 1. The van der Waals surface area contributed by atoms with Gasteiger partial charge in [0.05, 0.1) is 6.10 Å². The van der Waals surface area contributed by atoms with Gasteiger partial charge in [-0.15, -0.1) is 0 Å². The Morgan fingerprint density at radius 2 is 2.04 bits per heavy atom. The van der Waals surface area contributed by atoms with Crippen molar-refractivity contribution in [2.45, 2.75) is 39.5 Å². The average molecular weight is 341 g/mol. The molecule has 0 N–H and O–H groups in total. The number of carbonyl (C=O) groups is 1. The third-order valence-corrected chi connectivity index (χ3v) is 4.37. The average Bonchev–Trinajstić information content (AvgIpc) is 3.00. The summed E-state index contributed by atoms with van der Waals surface area (Å²) in [7, 11) is 0. The van der Waals surface area contributed by atoms with Crippen LogP contribution < -0.4 is 10.2 Å². The molecule has 0 aliphatic carbocycles. The largest absolute Gasteiger partial charge is 0.483 e. The number of Topliss-reactive ketones (excluding diaryl/α,β-unsaturated/α-hetero) is 1. The molecule has 1 aromatic carbocycles. The van der Waals surface area contributed by atoms with E-state index in [-0.39, 0.29) is 29.7 Å². The van der Waals surface area contributed by atoms with E-state index in [1.807, 2.05) is 30.3 Å². The van der Waals surface area contributed by atoms with E-state index in [4.69, 9.17) is 9.47 Å². The zero-order chi connectivity index (χ0) is 17.8. The zero-order valence-electron chi connectivity index (χ0n) is 14.6. The molecule has 1 aliphatic rings. The van der Waals surface area contributed by atoms with Gasteiger partial charge in [-0.25, -0.2) is 0 Å². The van der Waals surface area contributed by atoms with Crippen molar-refractivity contribution in [2.75, 3.05) is 6.61 Å². The minimum absolute atomic E-state index is 0.0533. The van der Waals surface area contributed by atoms with E-state index in [1.165, 1.54) is 13.0 Å². The molecule has 2 heterocycles. The van der Waals surface area contributed by atoms with Crippen molar-refractivity contribution >= 4 is 5.78 Å². The van der Waals surface area contributed by atoms with Crippen molar-refractivity contribution in [1.82, 2.24) is 4.57 Å². The van der Waals surface area contributed by atoms with Crippen molar-refractivity contribution in [3.8, 4) is 5.75 Å². The predicted octanol–water partition coefficient (Wildman–Crippen LogP) is 3.05. The van der Waals surface area contributed by atoms with Gasteiger partial charge in [0.2, 0.25) is 5.43 Å². The minimum atomic E-state index is -0.280. The van der Waals surface area contributed by atoms with Crippen LogP contribution in [0.3, 0.4) is 0 Å². The normalized spacial score (nSPS) is 19.8. The lowest BCUT2D eigenvalue weighted by Crippen LogP contribution is -2.24. The molecule has 132 valence electrons. The number of pyridine rings is 1. The summed E-state index contributed by atoms with van der Waals surface area (Å²) in [5, 5.41) is 0. The van der Waals surface area contributed by atoms with E-state index in [0.717, 1.165) is 18.6 Å². The SMILES string of the molecule is CC(=O)c1c(OCc2ccccc2)c(=O)ccn1CC1CC(C)CO1. The summed E-state index contributed by atoms with van der Waals surface area (Å²) in [5.41, 5.74) is 0.976. The monoisotopic (exact) mass is 341 g/mol. The minimum Gasteiger partial charge on any atom is -0.483 e. The van der Waals surface area contributed by atoms with Crippen LogP contribution in [0.15, 0.2) is 47.4 Å². The van der Waals surface area contributed by atoms with E-state index in [0.29, 0.717) is 18.2 Å². The van der Waals surface area contributed by atoms with Gasteiger partial charge >= 0.3 is 0 Å². The summed E-state index contributed by atoms with van der Waals surface area (Å²) >= 11 is 0. The number of benzene rings is 1. The highest BCUT2D eigenvalue weighted by Crippen LogP contribution is 2.23. The van der Waals surface area contributed by atoms with Crippen LogP contribution in [0.5, 0.6) is 5.75 Å². The number of rotatable bonds is 6. The van der Waals surface area contributed by atoms with Crippen LogP contribution in [-0.4, -0.2) is 23.1 Å². The van der Waals surface area contributed by atoms with Crippen molar-refractivity contribution in [3.63, 3.8) is 0 Å². The second kappa shape index (κ2) is 7.66. The smallest absolute Gasteiger partial charge is 0.224 e. The Hall–Kier alpha value is -2.40. The van der Waals surface area contributed by atoms with Crippen LogP contribution in [0.25, 0.3) is 0 Å². The van der Waals surface area contributed by atoms with E-state index in [2.05, 4.69) is 6.92 Å². The lowest BCUT2D eigenvalue weighted by Gasteiger charge is -2.18. The van der Waals surface area contributed by atoms with Crippen molar-refractivity contribution in [3.05, 3.63) is 64.1 Å². The summed E-state index contributed by atoms with van der Waals surface area (Å²) in [5.74, 6) is 0.440. The molecule has 25 heavy (non-hydrogen) atoms. The number of hydrogen-bond acceptors (Lipinski definition) is 4. The molecule has 5 heteroatoms. The van der Waals surface area contributed by atoms with Crippen LogP contribution in [-0.2, 0) is 17.9 Å². The molecule has 1 aliphatic heterocycles. The van der Waals surface area contributed by atoms with Gasteiger partial charge in [0.1, 0.15) is 12.3 Å². The van der Waals surface area contributed by atoms with Crippen LogP contribution in [0.1, 0.15) is 36.3 Å². The molecule has 0 amide bonds. The summed E-state index contributed by atoms with van der Waals surface area (Å²) < 4.78 is 13.3. The van der Waals surface area contributed by atoms with E-state index >= 15 is 0 Å². The van der Waals surface area contributed by atoms with Crippen LogP contribution >= 0.6 is 0 Å². The molecular formula is C20H23NO4. The van der Waals surface area contributed by atoms with Crippen LogP contribution in [0, 0.1) is 5.92 Å². The summed E-state index contributed by atoms with van der Waals surface area (Å²) in [6, 6.07) is 11.0. The third-order valence-electron chi connectivity index (χ3n) is 4.37. The van der Waals surface area contributed by atoms with E-state index < -0.39 is 0 Å². The zero-order valence-corrected chi connectivity index (χ0v) is 14.6. The number of hydrogen-bond donors (Lipinski definition) is 0. The fourth-order valence-electron chi connectivity index (χ4n) is 3.17. The second-order valence-corrected chi connectivity index (χ2v) is 6.64. The molecule has 0 spiro atoms. The predicted molar refractivity (Wildman–Crippen MR) is 95.0 cm³/mol. The summed E-state index contributed by atoms with van der Waals surface area (Å²) in [6.07, 6.45) is 2.65. The molecule has 2 aromatic rings. The van der Waals surface area contributed by atoms with Crippen molar-refractivity contribution in [1.29, 1.82) is 0 Å². The van der Waals surface area contributed by atoms with E-state index in [1.54, 1.807) is 10.8 Å². The van der Waals surface area contributed by atoms with Gasteiger partial charge in [-0.3, -0.25) is 9.59 Å². The molecule has 0 bridgehead atoms. The molecule has 0 saturated carbocycles. The van der Waals surface area contributed by atoms with Crippen molar-refractivity contribution in [2.24, 2.45) is 5.92 Å². The number of nitrogens with zero attached hydrogens (tertiary/aromatic N) is 1. The maximum absolute atomic E-state index is 12.3. The van der Waals surface area contributed by atoms with Gasteiger partial charge in [-0.2, -0.15) is 0 Å². The highest BCUT2D eigenvalue weighted by atomic mass is 16.5. The van der Waals surface area contributed by atoms with Crippen molar-refractivity contribution < 1.29 is 14.3 Å². The van der Waals surface area contributed by atoms with Gasteiger partial charge in [0, 0.05) is 32.3 Å². The Morgan fingerprint density at radius 1 is 1.28 bits per heavy atom. The van der Waals surface area contributed by atoms with Gasteiger partial charge in [0.25, 0.3) is 0 Å². The maximum Gasteiger partial charge on any atom is 0.224 e. The highest BCUT2D eigenvalue weighted by Gasteiger charge is 2.25. The van der Waals surface area contributed by atoms with E-state index in [9.17, 15) is 9.59 Å². The Balaban J connectivity index is 1.86. The first-order valence-electron chi connectivity index (χ1n) is 8.57. The fourth-order valence-corrected chi connectivity index (χ4v) is 3.17. The molecule has 3 rings (SSSR count). The standard InChI is InChI=1S/C20H23NO4/c1-14-10-17(24-12-14)11-21-9-8-18(23)20(19(21)15(2)22)25-13-16-6-4-3-5-7-16/h3-9,14,17H,10-13H2,1-2H3. The topological polar surface area (TPSA) is 57.5 Å². The molecule has 5 nitrogen and oxygen atoms in total. The molecule has 1 fully saturated rings. The third kappa shape index (κ3) is 4.17. The number of ketones is 1. The molecule has 2 atom stereocenters. The Bertz CT molecular complexity index is 797. The Labute approximate surface area is 147 Å². The maximum atomic E-state index is 12.3. The highest BCUT2D eigenvalue weighted by molar-refractivity contribution is 5.95. The lowest BCUT2D eigenvalue weighted by atomic mass is 10.1. The second-order valence-electron chi connectivity index (χ2n) is 6.64. The van der Waals surface area contributed by atoms with Gasteiger partial charge in [-0.05, 0) is 17.9 Å². The first kappa shape index (κ1) is 17.4. The Kier molecular flexibility index (Phi) is 5.34. The quantitative estimate of drug-likeness (QED) is 0.758. The molecule has 1 saturated heterocycles. The summed E-state index contributed by atoms with van der Waals surface area (Å²) in [6.45, 7) is 5.13. The van der Waals surface area contributed by atoms with Gasteiger partial charge in [-0.1, -0.05) is 37.3 Å². The first-order valence-corrected chi connectivity index (χ1v) is 8.57. The van der Waals surface area contributed by atoms with Crippen LogP contribution in [0.2, 0.25) is 0 Å². The number of carbonyl (C=O) groups excluding carboxylic acids is 1. The molecule has 2 unspecified atom stereocenters. The van der Waals surface area contributed by atoms with Crippen LogP contribution in [0.4, 0.5) is 0 Å². The first-order chi connectivity index (χ1) is 12.0. The lowest BCUT2D eigenvalue weighted by molar-refractivity contribution is 0.0897. The molecule has 0 radical (unpaired) electrons. The summed E-state index contributed by atoms with van der Waals surface area (Å²) in [4.78, 5) is 24.5. The van der Waals surface area contributed by atoms with Gasteiger partial charge in [0.15, 0.2) is 11.5 Å². The Morgan fingerprint density at radius 3 is 2.68 bits per heavy atom. The molecule has 1 aromatic heterocycles. The number of ether oxygens (including phenoxy) is 2. The fraction of sp³-hybridized carbons (Fsp3) is 0.400.